The van der Waals surface area contributed by atoms with Gasteiger partial charge in [-0.15, -0.1) is 0 Å². The van der Waals surface area contributed by atoms with Crippen LogP contribution in [0.25, 0.3) is 0 Å². The molecule has 1 fully saturated rings. The summed E-state index contributed by atoms with van der Waals surface area (Å²) in [7, 11) is 1.65. The number of nitrogens with zero attached hydrogens (tertiary/aromatic N) is 1. The number of benzene rings is 1. The van der Waals surface area contributed by atoms with Crippen molar-refractivity contribution in [1.82, 2.24) is 5.32 Å². The van der Waals surface area contributed by atoms with Crippen LogP contribution in [0.2, 0.25) is 0 Å². The molecule has 0 unspecified atom stereocenters. The number of rotatable bonds is 5. The predicted molar refractivity (Wildman–Crippen MR) is 76.3 cm³/mol. The standard InChI is InChI=1S/C15H21FN2O2/c1-18(13-4-2-3-12(16)11-13)15(19)7-10-20-14-5-8-17-9-6-14/h2-4,11,14,17H,5-10H2,1H3. The summed E-state index contributed by atoms with van der Waals surface area (Å²) >= 11 is 0. The Morgan fingerprint density at radius 2 is 2.20 bits per heavy atom. The second-order valence-electron chi connectivity index (χ2n) is 5.00. The number of carbonyl (C=O) groups excluding carboxylic acids is 1. The Kier molecular flexibility index (Phi) is 5.49. The maximum atomic E-state index is 13.1. The van der Waals surface area contributed by atoms with Crippen LogP contribution in [0.15, 0.2) is 24.3 Å². The van der Waals surface area contributed by atoms with Gasteiger partial charge in [0.15, 0.2) is 0 Å². The zero-order valence-electron chi connectivity index (χ0n) is 11.8. The normalized spacial score (nSPS) is 16.1. The molecule has 1 aliphatic heterocycles. The van der Waals surface area contributed by atoms with Crippen molar-refractivity contribution in [2.24, 2.45) is 0 Å². The molecule has 1 aromatic carbocycles. The Morgan fingerprint density at radius 3 is 2.90 bits per heavy atom. The number of hydrogen-bond acceptors (Lipinski definition) is 3. The lowest BCUT2D eigenvalue weighted by Gasteiger charge is -2.23. The molecule has 1 aromatic rings. The van der Waals surface area contributed by atoms with Gasteiger partial charge in [0.05, 0.1) is 19.1 Å². The van der Waals surface area contributed by atoms with E-state index >= 15 is 0 Å². The molecule has 110 valence electrons. The van der Waals surface area contributed by atoms with Gasteiger partial charge in [0.1, 0.15) is 5.82 Å². The van der Waals surface area contributed by atoms with Gasteiger partial charge in [-0.25, -0.2) is 4.39 Å². The second kappa shape index (κ2) is 7.36. The number of nitrogens with one attached hydrogen (secondary N) is 1. The average Bonchev–Trinajstić information content (AvgIpc) is 2.47. The van der Waals surface area contributed by atoms with Gasteiger partial charge in [-0.05, 0) is 44.1 Å². The van der Waals surface area contributed by atoms with E-state index in [1.165, 1.54) is 17.0 Å². The number of anilines is 1. The van der Waals surface area contributed by atoms with E-state index in [0.29, 0.717) is 18.7 Å². The summed E-state index contributed by atoms with van der Waals surface area (Å²) < 4.78 is 18.8. The van der Waals surface area contributed by atoms with E-state index in [2.05, 4.69) is 5.32 Å². The summed E-state index contributed by atoms with van der Waals surface area (Å²) in [6.07, 6.45) is 2.56. The lowest BCUT2D eigenvalue weighted by molar-refractivity contribution is -0.120. The van der Waals surface area contributed by atoms with Crippen LogP contribution in [0.1, 0.15) is 19.3 Å². The molecule has 1 N–H and O–H groups in total. The first-order chi connectivity index (χ1) is 9.66. The van der Waals surface area contributed by atoms with Crippen LogP contribution in [-0.2, 0) is 9.53 Å². The molecule has 0 bridgehead atoms. The first-order valence-electron chi connectivity index (χ1n) is 7.01. The quantitative estimate of drug-likeness (QED) is 0.896. The minimum atomic E-state index is -0.340. The van der Waals surface area contributed by atoms with E-state index in [1.807, 2.05) is 0 Å². The van der Waals surface area contributed by atoms with Crippen LogP contribution in [-0.4, -0.2) is 38.8 Å². The molecule has 0 aliphatic carbocycles. The monoisotopic (exact) mass is 280 g/mol. The van der Waals surface area contributed by atoms with Gasteiger partial charge in [0, 0.05) is 12.7 Å². The number of amides is 1. The molecular weight excluding hydrogens is 259 g/mol. The van der Waals surface area contributed by atoms with E-state index in [-0.39, 0.29) is 17.8 Å². The SMILES string of the molecule is CN(C(=O)CCOC1CCNCC1)c1cccc(F)c1. The summed E-state index contributed by atoms with van der Waals surface area (Å²) in [6.45, 7) is 2.37. The second-order valence-corrected chi connectivity index (χ2v) is 5.00. The van der Waals surface area contributed by atoms with Crippen molar-refractivity contribution >= 4 is 11.6 Å². The zero-order chi connectivity index (χ0) is 14.4. The van der Waals surface area contributed by atoms with E-state index < -0.39 is 0 Å². The average molecular weight is 280 g/mol. The van der Waals surface area contributed by atoms with Crippen LogP contribution < -0.4 is 10.2 Å². The molecule has 1 saturated heterocycles. The fourth-order valence-corrected chi connectivity index (χ4v) is 2.27. The largest absolute Gasteiger partial charge is 0.378 e. The van der Waals surface area contributed by atoms with Gasteiger partial charge < -0.3 is 15.0 Å². The summed E-state index contributed by atoms with van der Waals surface area (Å²) in [6, 6.07) is 6.03. The summed E-state index contributed by atoms with van der Waals surface area (Å²) in [4.78, 5) is 13.5. The lowest BCUT2D eigenvalue weighted by atomic mass is 10.1. The van der Waals surface area contributed by atoms with E-state index in [4.69, 9.17) is 4.74 Å². The highest BCUT2D eigenvalue weighted by molar-refractivity contribution is 5.92. The molecule has 5 heteroatoms. The van der Waals surface area contributed by atoms with E-state index in [9.17, 15) is 9.18 Å². The topological polar surface area (TPSA) is 41.6 Å². The Labute approximate surface area is 118 Å². The van der Waals surface area contributed by atoms with Gasteiger partial charge in [0.25, 0.3) is 0 Å². The summed E-state index contributed by atoms with van der Waals surface area (Å²) in [5, 5.41) is 3.27. The molecule has 2 rings (SSSR count). The van der Waals surface area contributed by atoms with Gasteiger partial charge in [-0.1, -0.05) is 6.07 Å². The summed E-state index contributed by atoms with van der Waals surface area (Å²) in [5.74, 6) is -0.405. The lowest BCUT2D eigenvalue weighted by Crippen LogP contribution is -2.33. The molecule has 1 aliphatic rings. The third kappa shape index (κ3) is 4.28. The minimum absolute atomic E-state index is 0.0652. The van der Waals surface area contributed by atoms with E-state index in [0.717, 1.165) is 25.9 Å². The van der Waals surface area contributed by atoms with Crippen molar-refractivity contribution < 1.29 is 13.9 Å². The van der Waals surface area contributed by atoms with Crippen LogP contribution in [0.5, 0.6) is 0 Å². The first-order valence-corrected chi connectivity index (χ1v) is 7.01. The Hall–Kier alpha value is -1.46. The van der Waals surface area contributed by atoms with Crippen LogP contribution in [0.3, 0.4) is 0 Å². The fourth-order valence-electron chi connectivity index (χ4n) is 2.27. The van der Waals surface area contributed by atoms with Crippen LogP contribution in [0.4, 0.5) is 10.1 Å². The third-order valence-electron chi connectivity index (χ3n) is 3.53. The highest BCUT2D eigenvalue weighted by Crippen LogP contribution is 2.15. The van der Waals surface area contributed by atoms with Crippen molar-refractivity contribution in [3.63, 3.8) is 0 Å². The fraction of sp³-hybridized carbons (Fsp3) is 0.533. The molecule has 0 atom stereocenters. The molecule has 20 heavy (non-hydrogen) atoms. The van der Waals surface area contributed by atoms with Crippen molar-refractivity contribution in [2.75, 3.05) is 31.6 Å². The highest BCUT2D eigenvalue weighted by atomic mass is 19.1. The summed E-state index contributed by atoms with van der Waals surface area (Å²) in [5.41, 5.74) is 0.567. The maximum Gasteiger partial charge on any atom is 0.229 e. The van der Waals surface area contributed by atoms with Crippen molar-refractivity contribution in [3.05, 3.63) is 30.1 Å². The number of piperidine rings is 1. The van der Waals surface area contributed by atoms with E-state index in [1.54, 1.807) is 19.2 Å². The Morgan fingerprint density at radius 1 is 1.45 bits per heavy atom. The smallest absolute Gasteiger partial charge is 0.229 e. The van der Waals surface area contributed by atoms with Gasteiger partial charge in [-0.2, -0.15) is 0 Å². The molecule has 1 heterocycles. The molecule has 0 aromatic heterocycles. The molecule has 0 spiro atoms. The molecule has 0 saturated carbocycles. The molecule has 4 nitrogen and oxygen atoms in total. The van der Waals surface area contributed by atoms with Crippen molar-refractivity contribution in [2.45, 2.75) is 25.4 Å². The van der Waals surface area contributed by atoms with Crippen LogP contribution in [0, 0.1) is 5.82 Å². The number of ether oxygens (including phenoxy) is 1. The van der Waals surface area contributed by atoms with Gasteiger partial charge in [-0.3, -0.25) is 4.79 Å². The van der Waals surface area contributed by atoms with Crippen molar-refractivity contribution in [3.8, 4) is 0 Å². The third-order valence-corrected chi connectivity index (χ3v) is 3.53. The number of halogens is 1. The first kappa shape index (κ1) is 14.9. The van der Waals surface area contributed by atoms with Gasteiger partial charge >= 0.3 is 0 Å². The Bertz CT molecular complexity index is 447. The maximum absolute atomic E-state index is 13.1. The number of hydrogen-bond donors (Lipinski definition) is 1. The van der Waals surface area contributed by atoms with Gasteiger partial charge in [0.2, 0.25) is 5.91 Å². The highest BCUT2D eigenvalue weighted by Gasteiger charge is 2.15. The zero-order valence-corrected chi connectivity index (χ0v) is 11.8. The Balaban J connectivity index is 1.76. The molecule has 0 radical (unpaired) electrons. The minimum Gasteiger partial charge on any atom is -0.378 e. The van der Waals surface area contributed by atoms with Crippen LogP contribution >= 0.6 is 0 Å². The molecule has 1 amide bonds. The predicted octanol–water partition coefficient (Wildman–Crippen LogP) is 1.95. The van der Waals surface area contributed by atoms with Crippen molar-refractivity contribution in [1.29, 1.82) is 0 Å². The number of carbonyl (C=O) groups is 1. The molecular formula is C15H21FN2O2.